The summed E-state index contributed by atoms with van der Waals surface area (Å²) in [7, 11) is -3.48. The van der Waals surface area contributed by atoms with E-state index in [9.17, 15) is 17.6 Å². The van der Waals surface area contributed by atoms with E-state index in [4.69, 9.17) is 0 Å². The molecular formula is C13H11FN2O3S. The molecule has 0 atom stereocenters. The summed E-state index contributed by atoms with van der Waals surface area (Å²) in [6.45, 7) is 0. The first kappa shape index (κ1) is 14.1. The number of anilines is 1. The number of benzene rings is 1. The Hall–Kier alpha value is -2.28. The SMILES string of the molecule is CS(=O)(=O)c1ccc(F)c(NC(=O)c2ccccn2)c1. The minimum absolute atomic E-state index is 0.0739. The molecule has 2 aromatic rings. The number of sulfone groups is 1. The van der Waals surface area contributed by atoms with Gasteiger partial charge in [-0.05, 0) is 30.3 Å². The summed E-state index contributed by atoms with van der Waals surface area (Å²) in [4.78, 5) is 15.6. The van der Waals surface area contributed by atoms with Crippen LogP contribution in [0.1, 0.15) is 10.5 Å². The van der Waals surface area contributed by atoms with E-state index in [1.165, 1.54) is 12.3 Å². The van der Waals surface area contributed by atoms with Crippen LogP contribution in [0.3, 0.4) is 0 Å². The average molecular weight is 294 g/mol. The molecule has 1 aromatic carbocycles. The summed E-state index contributed by atoms with van der Waals surface area (Å²) < 4.78 is 36.4. The van der Waals surface area contributed by atoms with Crippen molar-refractivity contribution in [3.8, 4) is 0 Å². The van der Waals surface area contributed by atoms with Gasteiger partial charge in [-0.3, -0.25) is 9.78 Å². The molecule has 1 aromatic heterocycles. The zero-order chi connectivity index (χ0) is 14.8. The highest BCUT2D eigenvalue weighted by atomic mass is 32.2. The van der Waals surface area contributed by atoms with Gasteiger partial charge < -0.3 is 5.32 Å². The van der Waals surface area contributed by atoms with Crippen molar-refractivity contribution in [2.45, 2.75) is 4.90 Å². The van der Waals surface area contributed by atoms with Crippen molar-refractivity contribution in [3.63, 3.8) is 0 Å². The van der Waals surface area contributed by atoms with Crippen molar-refractivity contribution in [1.82, 2.24) is 4.98 Å². The molecule has 2 rings (SSSR count). The predicted octanol–water partition coefficient (Wildman–Crippen LogP) is 1.88. The molecule has 0 bridgehead atoms. The normalized spacial score (nSPS) is 11.1. The number of aromatic nitrogens is 1. The third-order valence-electron chi connectivity index (χ3n) is 2.51. The fraction of sp³-hybridized carbons (Fsp3) is 0.0769. The second-order valence-corrected chi connectivity index (χ2v) is 6.10. The standard InChI is InChI=1S/C13H11FN2O3S/c1-20(18,19)9-5-6-10(14)12(8-9)16-13(17)11-4-2-3-7-15-11/h2-8H,1H3,(H,16,17). The first-order chi connectivity index (χ1) is 9.38. The molecule has 0 saturated heterocycles. The summed E-state index contributed by atoms with van der Waals surface area (Å²) in [6.07, 6.45) is 2.43. The lowest BCUT2D eigenvalue weighted by Crippen LogP contribution is -2.14. The lowest BCUT2D eigenvalue weighted by atomic mass is 10.3. The molecule has 0 radical (unpaired) electrons. The lowest BCUT2D eigenvalue weighted by molar-refractivity contribution is 0.102. The number of nitrogens with one attached hydrogen (secondary N) is 1. The third-order valence-corrected chi connectivity index (χ3v) is 3.62. The Bertz CT molecular complexity index is 745. The molecule has 5 nitrogen and oxygen atoms in total. The maximum absolute atomic E-state index is 13.6. The van der Waals surface area contributed by atoms with Crippen LogP contribution in [0.4, 0.5) is 10.1 Å². The zero-order valence-corrected chi connectivity index (χ0v) is 11.3. The number of rotatable bonds is 3. The van der Waals surface area contributed by atoms with Gasteiger partial charge in [-0.1, -0.05) is 6.07 Å². The van der Waals surface area contributed by atoms with E-state index in [1.54, 1.807) is 12.1 Å². The van der Waals surface area contributed by atoms with Gasteiger partial charge in [0.1, 0.15) is 11.5 Å². The zero-order valence-electron chi connectivity index (χ0n) is 10.5. The minimum atomic E-state index is -3.48. The highest BCUT2D eigenvalue weighted by Crippen LogP contribution is 2.20. The van der Waals surface area contributed by atoms with Gasteiger partial charge in [0.05, 0.1) is 10.6 Å². The van der Waals surface area contributed by atoms with Crippen LogP contribution in [0, 0.1) is 5.82 Å². The summed E-state index contributed by atoms with van der Waals surface area (Å²) >= 11 is 0. The van der Waals surface area contributed by atoms with E-state index in [-0.39, 0.29) is 16.3 Å². The van der Waals surface area contributed by atoms with Gasteiger partial charge in [0.25, 0.3) is 5.91 Å². The van der Waals surface area contributed by atoms with Crippen molar-refractivity contribution in [3.05, 3.63) is 54.1 Å². The second-order valence-electron chi connectivity index (χ2n) is 4.08. The largest absolute Gasteiger partial charge is 0.318 e. The van der Waals surface area contributed by atoms with Crippen molar-refractivity contribution in [1.29, 1.82) is 0 Å². The highest BCUT2D eigenvalue weighted by Gasteiger charge is 2.14. The van der Waals surface area contributed by atoms with Crippen molar-refractivity contribution in [2.75, 3.05) is 11.6 Å². The van der Waals surface area contributed by atoms with E-state index in [2.05, 4.69) is 10.3 Å². The quantitative estimate of drug-likeness (QED) is 0.877. The molecule has 1 N–H and O–H groups in total. The first-order valence-electron chi connectivity index (χ1n) is 5.60. The third kappa shape index (κ3) is 3.18. The fourth-order valence-electron chi connectivity index (χ4n) is 1.51. The summed E-state index contributed by atoms with van der Waals surface area (Å²) in [5, 5.41) is 2.30. The van der Waals surface area contributed by atoms with Crippen LogP contribution in [0.2, 0.25) is 0 Å². The molecule has 0 aliphatic heterocycles. The van der Waals surface area contributed by atoms with Crippen molar-refractivity contribution in [2.24, 2.45) is 0 Å². The Morgan fingerprint density at radius 1 is 1.25 bits per heavy atom. The van der Waals surface area contributed by atoms with Crippen LogP contribution in [-0.4, -0.2) is 25.6 Å². The van der Waals surface area contributed by atoms with E-state index < -0.39 is 21.6 Å². The van der Waals surface area contributed by atoms with Crippen molar-refractivity contribution < 1.29 is 17.6 Å². The van der Waals surface area contributed by atoms with Crippen LogP contribution in [0.15, 0.2) is 47.5 Å². The summed E-state index contributed by atoms with van der Waals surface area (Å²) in [5.74, 6) is -1.34. The highest BCUT2D eigenvalue weighted by molar-refractivity contribution is 7.90. The summed E-state index contributed by atoms with van der Waals surface area (Å²) in [5.41, 5.74) is -0.0970. The lowest BCUT2D eigenvalue weighted by Gasteiger charge is -2.07. The maximum atomic E-state index is 13.6. The molecule has 20 heavy (non-hydrogen) atoms. The average Bonchev–Trinajstić information content (AvgIpc) is 2.41. The van der Waals surface area contributed by atoms with E-state index in [0.717, 1.165) is 24.5 Å². The van der Waals surface area contributed by atoms with Gasteiger partial charge in [-0.2, -0.15) is 0 Å². The molecule has 104 valence electrons. The molecule has 0 spiro atoms. The Kier molecular flexibility index (Phi) is 3.80. The number of hydrogen-bond acceptors (Lipinski definition) is 4. The van der Waals surface area contributed by atoms with E-state index >= 15 is 0 Å². The topological polar surface area (TPSA) is 76.1 Å². The molecule has 0 fully saturated rings. The molecule has 1 amide bonds. The number of amides is 1. The van der Waals surface area contributed by atoms with Gasteiger partial charge in [0.15, 0.2) is 9.84 Å². The van der Waals surface area contributed by atoms with Crippen LogP contribution >= 0.6 is 0 Å². The van der Waals surface area contributed by atoms with Crippen LogP contribution in [-0.2, 0) is 9.84 Å². The van der Waals surface area contributed by atoms with E-state index in [1.807, 2.05) is 0 Å². The van der Waals surface area contributed by atoms with Crippen molar-refractivity contribution >= 4 is 21.4 Å². The Balaban J connectivity index is 2.32. The molecule has 1 heterocycles. The summed E-state index contributed by atoms with van der Waals surface area (Å²) in [6, 6.07) is 7.93. The molecule has 0 aliphatic carbocycles. The second kappa shape index (κ2) is 5.38. The fourth-order valence-corrected chi connectivity index (χ4v) is 2.16. The van der Waals surface area contributed by atoms with Gasteiger partial charge >= 0.3 is 0 Å². The molecule has 0 aliphatic rings. The Morgan fingerprint density at radius 2 is 2.00 bits per heavy atom. The predicted molar refractivity (Wildman–Crippen MR) is 71.7 cm³/mol. The van der Waals surface area contributed by atoms with Crippen LogP contribution in [0.5, 0.6) is 0 Å². The Morgan fingerprint density at radius 3 is 2.60 bits per heavy atom. The number of nitrogens with zero attached hydrogens (tertiary/aromatic N) is 1. The number of halogens is 1. The van der Waals surface area contributed by atoms with Gasteiger partial charge in [0.2, 0.25) is 0 Å². The minimum Gasteiger partial charge on any atom is -0.318 e. The smallest absolute Gasteiger partial charge is 0.274 e. The molecule has 7 heteroatoms. The molecular weight excluding hydrogens is 283 g/mol. The van der Waals surface area contributed by atoms with Crippen LogP contribution < -0.4 is 5.32 Å². The number of pyridine rings is 1. The number of hydrogen-bond donors (Lipinski definition) is 1. The molecule has 0 unspecified atom stereocenters. The first-order valence-corrected chi connectivity index (χ1v) is 7.49. The van der Waals surface area contributed by atoms with Crippen LogP contribution in [0.25, 0.3) is 0 Å². The number of carbonyl (C=O) groups excluding carboxylic acids is 1. The van der Waals surface area contributed by atoms with Gasteiger partial charge in [0, 0.05) is 12.5 Å². The Labute approximate surface area is 115 Å². The monoisotopic (exact) mass is 294 g/mol. The molecule has 0 saturated carbocycles. The van der Waals surface area contributed by atoms with E-state index in [0.29, 0.717) is 0 Å². The number of carbonyl (C=O) groups is 1. The van der Waals surface area contributed by atoms with Gasteiger partial charge in [-0.25, -0.2) is 12.8 Å². The van der Waals surface area contributed by atoms with Gasteiger partial charge in [-0.15, -0.1) is 0 Å². The maximum Gasteiger partial charge on any atom is 0.274 e.